The second-order valence-electron chi connectivity index (χ2n) is 5.07. The predicted octanol–water partition coefficient (Wildman–Crippen LogP) is 4.62. The van der Waals surface area contributed by atoms with Gasteiger partial charge in [0.15, 0.2) is 0 Å². The molecule has 0 aliphatic carbocycles. The van der Waals surface area contributed by atoms with Gasteiger partial charge in [-0.2, -0.15) is 0 Å². The number of aryl methyl sites for hydroxylation is 2. The van der Waals surface area contributed by atoms with Crippen molar-refractivity contribution in [1.82, 2.24) is 0 Å². The van der Waals surface area contributed by atoms with E-state index < -0.39 is 0 Å². The van der Waals surface area contributed by atoms with Gasteiger partial charge < -0.3 is 10.6 Å². The number of anilines is 2. The zero-order valence-electron chi connectivity index (χ0n) is 12.9. The normalized spacial score (nSPS) is 10.3. The number of carbonyl (C=O) groups excluding carboxylic acids is 1. The summed E-state index contributed by atoms with van der Waals surface area (Å²) in [4.78, 5) is 12.2. The molecular formula is C18H21BrN2O. The van der Waals surface area contributed by atoms with Crippen LogP contribution in [-0.4, -0.2) is 12.5 Å². The highest BCUT2D eigenvalue weighted by atomic mass is 79.9. The standard InChI is InChI=1S/C18H21BrN2O/c1-3-13-6-5-7-14(4-2)18(13)21-17(22)12-20-16-10-8-15(19)9-11-16/h5-11,20H,3-4,12H2,1-2H3,(H,21,22). The molecule has 0 saturated carbocycles. The molecule has 0 radical (unpaired) electrons. The molecule has 0 aliphatic rings. The van der Waals surface area contributed by atoms with Crippen LogP contribution in [0, 0.1) is 0 Å². The van der Waals surface area contributed by atoms with Crippen molar-refractivity contribution in [2.45, 2.75) is 26.7 Å². The van der Waals surface area contributed by atoms with E-state index in [0.29, 0.717) is 0 Å². The quantitative estimate of drug-likeness (QED) is 0.788. The fourth-order valence-corrected chi connectivity index (χ4v) is 2.60. The number of amides is 1. The molecule has 0 aliphatic heterocycles. The molecular weight excluding hydrogens is 340 g/mol. The van der Waals surface area contributed by atoms with Crippen LogP contribution in [0.3, 0.4) is 0 Å². The summed E-state index contributed by atoms with van der Waals surface area (Å²) < 4.78 is 1.02. The predicted molar refractivity (Wildman–Crippen MR) is 96.5 cm³/mol. The van der Waals surface area contributed by atoms with E-state index in [0.717, 1.165) is 28.7 Å². The zero-order chi connectivity index (χ0) is 15.9. The third-order valence-corrected chi connectivity index (χ3v) is 4.09. The van der Waals surface area contributed by atoms with E-state index in [2.05, 4.69) is 52.5 Å². The second-order valence-corrected chi connectivity index (χ2v) is 5.98. The molecule has 2 rings (SSSR count). The van der Waals surface area contributed by atoms with Crippen LogP contribution in [0.25, 0.3) is 0 Å². The first-order valence-electron chi connectivity index (χ1n) is 7.54. The van der Waals surface area contributed by atoms with Gasteiger partial charge >= 0.3 is 0 Å². The third kappa shape index (κ3) is 4.34. The lowest BCUT2D eigenvalue weighted by Crippen LogP contribution is -2.23. The average Bonchev–Trinajstić information content (AvgIpc) is 2.54. The summed E-state index contributed by atoms with van der Waals surface area (Å²) in [5.74, 6) is -0.0291. The molecule has 0 aromatic heterocycles. The molecule has 2 aromatic carbocycles. The molecule has 0 heterocycles. The van der Waals surface area contributed by atoms with Gasteiger partial charge in [-0.1, -0.05) is 48.0 Å². The molecule has 0 fully saturated rings. The highest BCUT2D eigenvalue weighted by molar-refractivity contribution is 9.10. The molecule has 22 heavy (non-hydrogen) atoms. The van der Waals surface area contributed by atoms with Crippen LogP contribution in [0.4, 0.5) is 11.4 Å². The summed E-state index contributed by atoms with van der Waals surface area (Å²) in [6.07, 6.45) is 1.81. The van der Waals surface area contributed by atoms with Gasteiger partial charge in [0.2, 0.25) is 5.91 Å². The van der Waals surface area contributed by atoms with E-state index in [4.69, 9.17) is 0 Å². The van der Waals surface area contributed by atoms with E-state index >= 15 is 0 Å². The molecule has 0 atom stereocenters. The Balaban J connectivity index is 2.01. The largest absolute Gasteiger partial charge is 0.376 e. The number of halogens is 1. The van der Waals surface area contributed by atoms with Gasteiger partial charge in [0, 0.05) is 15.8 Å². The first-order chi connectivity index (χ1) is 10.6. The number of carbonyl (C=O) groups is 1. The van der Waals surface area contributed by atoms with Crippen molar-refractivity contribution >= 4 is 33.2 Å². The first-order valence-corrected chi connectivity index (χ1v) is 8.33. The average molecular weight is 361 g/mol. The van der Waals surface area contributed by atoms with Crippen molar-refractivity contribution in [3.05, 3.63) is 58.1 Å². The number of benzene rings is 2. The van der Waals surface area contributed by atoms with Crippen molar-refractivity contribution in [1.29, 1.82) is 0 Å². The molecule has 0 unspecified atom stereocenters. The Morgan fingerprint density at radius 3 is 2.14 bits per heavy atom. The highest BCUT2D eigenvalue weighted by Gasteiger charge is 2.09. The van der Waals surface area contributed by atoms with Crippen molar-refractivity contribution < 1.29 is 4.79 Å². The number of nitrogens with one attached hydrogen (secondary N) is 2. The number of rotatable bonds is 6. The highest BCUT2D eigenvalue weighted by Crippen LogP contribution is 2.22. The Kier molecular flexibility index (Phi) is 6.01. The van der Waals surface area contributed by atoms with Gasteiger partial charge in [0.25, 0.3) is 0 Å². The van der Waals surface area contributed by atoms with Crippen LogP contribution in [0.2, 0.25) is 0 Å². The van der Waals surface area contributed by atoms with Crippen molar-refractivity contribution in [2.24, 2.45) is 0 Å². The molecule has 2 aromatic rings. The van der Waals surface area contributed by atoms with E-state index in [1.807, 2.05) is 30.3 Å². The van der Waals surface area contributed by atoms with Crippen molar-refractivity contribution in [3.8, 4) is 0 Å². The van der Waals surface area contributed by atoms with Crippen LogP contribution < -0.4 is 10.6 Å². The Morgan fingerprint density at radius 2 is 1.59 bits per heavy atom. The summed E-state index contributed by atoms with van der Waals surface area (Å²) in [6.45, 7) is 4.46. The second kappa shape index (κ2) is 7.99. The van der Waals surface area contributed by atoms with E-state index in [1.54, 1.807) is 0 Å². The molecule has 4 heteroatoms. The maximum atomic E-state index is 12.2. The molecule has 1 amide bonds. The van der Waals surface area contributed by atoms with E-state index in [1.165, 1.54) is 11.1 Å². The summed E-state index contributed by atoms with van der Waals surface area (Å²) in [5.41, 5.74) is 4.25. The van der Waals surface area contributed by atoms with Crippen molar-refractivity contribution in [3.63, 3.8) is 0 Å². The van der Waals surface area contributed by atoms with Gasteiger partial charge in [-0.3, -0.25) is 4.79 Å². The zero-order valence-corrected chi connectivity index (χ0v) is 14.5. The minimum absolute atomic E-state index is 0.0291. The lowest BCUT2D eigenvalue weighted by Gasteiger charge is -2.15. The van der Waals surface area contributed by atoms with Gasteiger partial charge in [0.05, 0.1) is 6.54 Å². The van der Waals surface area contributed by atoms with Gasteiger partial charge in [-0.25, -0.2) is 0 Å². The summed E-state index contributed by atoms with van der Waals surface area (Å²) >= 11 is 3.39. The Morgan fingerprint density at radius 1 is 1.00 bits per heavy atom. The van der Waals surface area contributed by atoms with E-state index in [-0.39, 0.29) is 12.5 Å². The molecule has 0 bridgehead atoms. The number of para-hydroxylation sites is 1. The van der Waals surface area contributed by atoms with Gasteiger partial charge in [-0.15, -0.1) is 0 Å². The van der Waals surface area contributed by atoms with Crippen LogP contribution in [0.1, 0.15) is 25.0 Å². The Bertz CT molecular complexity index is 616. The van der Waals surface area contributed by atoms with Crippen LogP contribution in [0.5, 0.6) is 0 Å². The minimum atomic E-state index is -0.0291. The van der Waals surface area contributed by atoms with Gasteiger partial charge in [-0.05, 0) is 48.2 Å². The molecule has 2 N–H and O–H groups in total. The molecule has 0 saturated heterocycles. The first kappa shape index (κ1) is 16.6. The Hall–Kier alpha value is -1.81. The lowest BCUT2D eigenvalue weighted by molar-refractivity contribution is -0.114. The van der Waals surface area contributed by atoms with Crippen LogP contribution >= 0.6 is 15.9 Å². The minimum Gasteiger partial charge on any atom is -0.376 e. The number of hydrogen-bond donors (Lipinski definition) is 2. The van der Waals surface area contributed by atoms with Gasteiger partial charge in [0.1, 0.15) is 0 Å². The molecule has 0 spiro atoms. The SMILES string of the molecule is CCc1cccc(CC)c1NC(=O)CNc1ccc(Br)cc1. The maximum Gasteiger partial charge on any atom is 0.243 e. The fourth-order valence-electron chi connectivity index (χ4n) is 2.34. The van der Waals surface area contributed by atoms with Crippen LogP contribution in [-0.2, 0) is 17.6 Å². The molecule has 3 nitrogen and oxygen atoms in total. The lowest BCUT2D eigenvalue weighted by atomic mass is 10.0. The molecule has 116 valence electrons. The summed E-state index contributed by atoms with van der Waals surface area (Å²) in [7, 11) is 0. The van der Waals surface area contributed by atoms with E-state index in [9.17, 15) is 4.79 Å². The summed E-state index contributed by atoms with van der Waals surface area (Å²) in [5, 5.41) is 6.19. The van der Waals surface area contributed by atoms with Crippen molar-refractivity contribution in [2.75, 3.05) is 17.2 Å². The van der Waals surface area contributed by atoms with Crippen LogP contribution in [0.15, 0.2) is 46.9 Å². The topological polar surface area (TPSA) is 41.1 Å². The fraction of sp³-hybridized carbons (Fsp3) is 0.278. The maximum absolute atomic E-state index is 12.2. The smallest absolute Gasteiger partial charge is 0.243 e. The third-order valence-electron chi connectivity index (χ3n) is 3.56. The number of hydrogen-bond acceptors (Lipinski definition) is 2. The summed E-state index contributed by atoms with van der Waals surface area (Å²) in [6, 6.07) is 14.0. The monoisotopic (exact) mass is 360 g/mol. The Labute approximate surface area is 140 Å².